The maximum Gasteiger partial charge on any atom is 0.160 e. The largest absolute Gasteiger partial charge is 0.493 e. The van der Waals surface area contributed by atoms with Gasteiger partial charge in [-0.1, -0.05) is 6.07 Å². The highest BCUT2D eigenvalue weighted by Crippen LogP contribution is 2.21. The van der Waals surface area contributed by atoms with Crippen LogP contribution in [0, 0.1) is 0 Å². The molecule has 0 amide bonds. The molecular formula is C16H25NO3. The molecule has 1 aliphatic heterocycles. The zero-order valence-electron chi connectivity index (χ0n) is 12.5. The van der Waals surface area contributed by atoms with Crippen LogP contribution in [0.2, 0.25) is 0 Å². The lowest BCUT2D eigenvalue weighted by Crippen LogP contribution is -2.26. The number of anilines is 1. The van der Waals surface area contributed by atoms with E-state index in [0.717, 1.165) is 44.9 Å². The van der Waals surface area contributed by atoms with Gasteiger partial charge in [-0.15, -0.1) is 0 Å². The van der Waals surface area contributed by atoms with Crippen molar-refractivity contribution in [1.29, 1.82) is 0 Å². The molecule has 0 bridgehead atoms. The van der Waals surface area contributed by atoms with Crippen LogP contribution in [-0.4, -0.2) is 39.2 Å². The molecule has 1 aromatic rings. The molecule has 112 valence electrons. The van der Waals surface area contributed by atoms with Crippen LogP contribution < -0.4 is 9.64 Å². The van der Waals surface area contributed by atoms with Crippen LogP contribution in [-0.2, 0) is 9.47 Å². The zero-order chi connectivity index (χ0) is 14.2. The van der Waals surface area contributed by atoms with Crippen molar-refractivity contribution in [3.05, 3.63) is 24.3 Å². The van der Waals surface area contributed by atoms with Gasteiger partial charge in [-0.3, -0.25) is 0 Å². The van der Waals surface area contributed by atoms with Gasteiger partial charge in [-0.2, -0.15) is 0 Å². The second-order valence-corrected chi connectivity index (χ2v) is 4.83. The molecule has 0 radical (unpaired) electrons. The lowest BCUT2D eigenvalue weighted by molar-refractivity contribution is -0.183. The average molecular weight is 279 g/mol. The molecule has 2 rings (SSSR count). The molecule has 4 nitrogen and oxygen atoms in total. The fraction of sp³-hybridized carbons (Fsp3) is 0.625. The van der Waals surface area contributed by atoms with Crippen molar-refractivity contribution in [2.45, 2.75) is 33.0 Å². The fourth-order valence-corrected chi connectivity index (χ4v) is 2.34. The van der Waals surface area contributed by atoms with E-state index >= 15 is 0 Å². The molecule has 20 heavy (non-hydrogen) atoms. The van der Waals surface area contributed by atoms with Crippen LogP contribution in [0.1, 0.15) is 26.7 Å². The number of rotatable bonds is 7. The molecule has 0 aliphatic carbocycles. The number of hydrogen-bond acceptors (Lipinski definition) is 4. The molecule has 0 unspecified atom stereocenters. The molecule has 0 spiro atoms. The van der Waals surface area contributed by atoms with E-state index in [4.69, 9.17) is 14.2 Å². The normalized spacial score (nSPS) is 16.1. The molecule has 0 aromatic heterocycles. The minimum absolute atomic E-state index is 0.102. The lowest BCUT2D eigenvalue weighted by Gasteiger charge is -2.23. The van der Waals surface area contributed by atoms with Crippen LogP contribution in [0.25, 0.3) is 0 Å². The summed E-state index contributed by atoms with van der Waals surface area (Å²) < 4.78 is 16.8. The summed E-state index contributed by atoms with van der Waals surface area (Å²) in [6, 6.07) is 8.25. The SMILES string of the molecule is CCN(CC)c1cccc(OCCC2OCCCO2)c1. The van der Waals surface area contributed by atoms with Crippen LogP contribution in [0.5, 0.6) is 5.75 Å². The van der Waals surface area contributed by atoms with Gasteiger partial charge in [0, 0.05) is 31.3 Å². The van der Waals surface area contributed by atoms with Gasteiger partial charge in [0.15, 0.2) is 6.29 Å². The first-order valence-corrected chi connectivity index (χ1v) is 7.54. The van der Waals surface area contributed by atoms with E-state index in [9.17, 15) is 0 Å². The van der Waals surface area contributed by atoms with Gasteiger partial charge in [0.05, 0.1) is 19.8 Å². The van der Waals surface area contributed by atoms with E-state index in [-0.39, 0.29) is 6.29 Å². The average Bonchev–Trinajstić information content (AvgIpc) is 2.50. The van der Waals surface area contributed by atoms with Gasteiger partial charge in [-0.25, -0.2) is 0 Å². The number of ether oxygens (including phenoxy) is 3. The van der Waals surface area contributed by atoms with Crippen molar-refractivity contribution >= 4 is 5.69 Å². The van der Waals surface area contributed by atoms with Crippen molar-refractivity contribution in [1.82, 2.24) is 0 Å². The summed E-state index contributed by atoms with van der Waals surface area (Å²) in [5.74, 6) is 0.908. The Labute approximate surface area is 121 Å². The van der Waals surface area contributed by atoms with Crippen LogP contribution in [0.15, 0.2) is 24.3 Å². The first-order chi connectivity index (χ1) is 9.83. The zero-order valence-corrected chi connectivity index (χ0v) is 12.5. The van der Waals surface area contributed by atoms with Crippen molar-refractivity contribution in [3.63, 3.8) is 0 Å². The molecule has 0 N–H and O–H groups in total. The first-order valence-electron chi connectivity index (χ1n) is 7.54. The summed E-state index contributed by atoms with van der Waals surface area (Å²) >= 11 is 0. The predicted octanol–water partition coefficient (Wildman–Crippen LogP) is 3.06. The molecule has 0 atom stereocenters. The van der Waals surface area contributed by atoms with Crippen molar-refractivity contribution in [2.24, 2.45) is 0 Å². The van der Waals surface area contributed by atoms with Crippen molar-refractivity contribution in [3.8, 4) is 5.75 Å². The summed E-state index contributed by atoms with van der Waals surface area (Å²) in [6.07, 6.45) is 1.66. The quantitative estimate of drug-likeness (QED) is 0.767. The third-order valence-electron chi connectivity index (χ3n) is 3.46. The minimum atomic E-state index is -0.102. The summed E-state index contributed by atoms with van der Waals surface area (Å²) in [5.41, 5.74) is 1.21. The maximum atomic E-state index is 5.80. The summed E-state index contributed by atoms with van der Waals surface area (Å²) in [6.45, 7) is 8.54. The summed E-state index contributed by atoms with van der Waals surface area (Å²) in [4.78, 5) is 2.31. The third kappa shape index (κ3) is 4.39. The Balaban J connectivity index is 1.81. The molecule has 1 aromatic carbocycles. The first kappa shape index (κ1) is 15.1. The summed E-state index contributed by atoms with van der Waals surface area (Å²) in [5, 5.41) is 0. The molecule has 1 fully saturated rings. The molecule has 1 aliphatic rings. The number of hydrogen-bond donors (Lipinski definition) is 0. The second kappa shape index (κ2) is 8.12. The molecule has 1 saturated heterocycles. The smallest absolute Gasteiger partial charge is 0.160 e. The molecule has 1 heterocycles. The monoisotopic (exact) mass is 279 g/mol. The Kier molecular flexibility index (Phi) is 6.15. The molecule has 4 heteroatoms. The summed E-state index contributed by atoms with van der Waals surface area (Å²) in [7, 11) is 0. The predicted molar refractivity (Wildman–Crippen MR) is 80.4 cm³/mol. The number of benzene rings is 1. The van der Waals surface area contributed by atoms with E-state index < -0.39 is 0 Å². The van der Waals surface area contributed by atoms with Gasteiger partial charge in [0.2, 0.25) is 0 Å². The van der Waals surface area contributed by atoms with Crippen molar-refractivity contribution in [2.75, 3.05) is 37.8 Å². The number of nitrogens with zero attached hydrogens (tertiary/aromatic N) is 1. The van der Waals surface area contributed by atoms with E-state index in [1.54, 1.807) is 0 Å². The minimum Gasteiger partial charge on any atom is -0.493 e. The fourth-order valence-electron chi connectivity index (χ4n) is 2.34. The Bertz CT molecular complexity index is 387. The van der Waals surface area contributed by atoms with Gasteiger partial charge < -0.3 is 19.1 Å². The Morgan fingerprint density at radius 3 is 2.65 bits per heavy atom. The van der Waals surface area contributed by atoms with Gasteiger partial charge in [0.1, 0.15) is 5.75 Å². The third-order valence-corrected chi connectivity index (χ3v) is 3.46. The van der Waals surface area contributed by atoms with Gasteiger partial charge in [0.25, 0.3) is 0 Å². The van der Waals surface area contributed by atoms with Crippen LogP contribution in [0.3, 0.4) is 0 Å². The Morgan fingerprint density at radius 1 is 1.20 bits per heavy atom. The van der Waals surface area contributed by atoms with Crippen molar-refractivity contribution < 1.29 is 14.2 Å². The standard InChI is InChI=1S/C16H25NO3/c1-3-17(4-2)14-7-5-8-15(13-14)18-12-9-16-19-10-6-11-20-16/h5,7-8,13,16H,3-4,6,9-12H2,1-2H3. The molecular weight excluding hydrogens is 254 g/mol. The highest BCUT2D eigenvalue weighted by Gasteiger charge is 2.14. The highest BCUT2D eigenvalue weighted by molar-refractivity contribution is 5.50. The van der Waals surface area contributed by atoms with Crippen LogP contribution in [0.4, 0.5) is 5.69 Å². The highest BCUT2D eigenvalue weighted by atomic mass is 16.7. The van der Waals surface area contributed by atoms with E-state index in [2.05, 4.69) is 30.9 Å². The van der Waals surface area contributed by atoms with Gasteiger partial charge in [-0.05, 0) is 32.4 Å². The van der Waals surface area contributed by atoms with E-state index in [1.165, 1.54) is 5.69 Å². The van der Waals surface area contributed by atoms with E-state index in [0.29, 0.717) is 6.61 Å². The Morgan fingerprint density at radius 2 is 1.95 bits per heavy atom. The second-order valence-electron chi connectivity index (χ2n) is 4.83. The molecule has 0 saturated carbocycles. The van der Waals surface area contributed by atoms with Gasteiger partial charge >= 0.3 is 0 Å². The Hall–Kier alpha value is -1.26. The maximum absolute atomic E-state index is 5.80. The van der Waals surface area contributed by atoms with Crippen LogP contribution >= 0.6 is 0 Å². The van der Waals surface area contributed by atoms with E-state index in [1.807, 2.05) is 12.1 Å². The lowest BCUT2D eigenvalue weighted by atomic mass is 10.2. The topological polar surface area (TPSA) is 30.9 Å².